The molecule has 386 valence electrons. The maximum Gasteiger partial charge on any atom is 0.200 e. The topological polar surface area (TPSA) is 60.6 Å². The lowest BCUT2D eigenvalue weighted by Crippen LogP contribution is -2.15. The molecule has 8 bridgehead atoms. The van der Waals surface area contributed by atoms with E-state index in [1.54, 1.807) is 0 Å². The molecule has 10 rings (SSSR count). The highest BCUT2D eigenvalue weighted by molar-refractivity contribution is 5.98. The molecule has 25 heteroatoms. The molecule has 4 aromatic carbocycles. The van der Waals surface area contributed by atoms with E-state index in [2.05, 4.69) is 19.9 Å². The fourth-order valence-corrected chi connectivity index (χ4v) is 9.25. The molecule has 3 aliphatic heterocycles. The first-order valence-electron chi connectivity index (χ1n) is 20.2. The van der Waals surface area contributed by atoms with Gasteiger partial charge in [-0.15, -0.1) is 0 Å². The lowest BCUT2D eigenvalue weighted by Gasteiger charge is -2.15. The molecule has 2 N–H and O–H groups in total. The van der Waals surface area contributed by atoms with Gasteiger partial charge in [-0.05, 0) is 43.5 Å². The van der Waals surface area contributed by atoms with E-state index >= 15 is 70.2 Å². The largest absolute Gasteiger partial charge is 0.354 e. The highest BCUT2D eigenvalue weighted by Crippen LogP contribution is 2.52. The second kappa shape index (κ2) is 18.3. The van der Waals surface area contributed by atoms with E-state index in [0.29, 0.717) is 36.4 Å². The van der Waals surface area contributed by atoms with Crippen LogP contribution in [0.25, 0.3) is 78.7 Å². The molecule has 5 nitrogen and oxygen atoms in total. The second-order valence-electron chi connectivity index (χ2n) is 16.4. The van der Waals surface area contributed by atoms with Crippen molar-refractivity contribution in [2.24, 2.45) is 0 Å². The summed E-state index contributed by atoms with van der Waals surface area (Å²) in [6, 6.07) is 2.75. The summed E-state index contributed by atoms with van der Waals surface area (Å²) >= 11 is 0. The minimum Gasteiger partial charge on any atom is -0.354 e. The highest BCUT2D eigenvalue weighted by atomic mass is 19.2. The maximum atomic E-state index is 16.2. The number of fused-ring (bicyclic) bond motifs is 11. The van der Waals surface area contributed by atoms with Crippen LogP contribution in [0.2, 0.25) is 0 Å². The zero-order chi connectivity index (χ0) is 52.0. The molecule has 3 aliphatic rings. The van der Waals surface area contributed by atoms with Crippen LogP contribution in [0.5, 0.6) is 0 Å². The summed E-state index contributed by atoms with van der Waals surface area (Å²) in [5.74, 6) is -55.2. The Morgan fingerprint density at radius 2 is 0.541 bits per heavy atom. The molecule has 2 atom stereocenters. The number of hydrogen-bond donors (Lipinski definition) is 2. The van der Waals surface area contributed by atoms with Crippen LogP contribution in [-0.4, -0.2) is 45.0 Å². The first-order valence-corrected chi connectivity index (χ1v) is 20.2. The van der Waals surface area contributed by atoms with Gasteiger partial charge in [-0.2, -0.15) is 0 Å². The molecule has 0 saturated carbocycles. The molecule has 0 unspecified atom stereocenters. The summed E-state index contributed by atoms with van der Waals surface area (Å²) in [6.45, 7) is -0.750. The molecule has 0 radical (unpaired) electrons. The Hall–Kier alpha value is -7.70. The summed E-state index contributed by atoms with van der Waals surface area (Å²) in [7, 11) is 1.35. The van der Waals surface area contributed by atoms with Gasteiger partial charge in [0.1, 0.15) is 0 Å². The summed E-state index contributed by atoms with van der Waals surface area (Å²) in [4.78, 5) is 14.4. The zero-order valence-electron chi connectivity index (χ0n) is 34.9. The van der Waals surface area contributed by atoms with Gasteiger partial charge < -0.3 is 14.9 Å². The minimum atomic E-state index is -2.71. The van der Waals surface area contributed by atoms with Crippen LogP contribution < -0.4 is 0 Å². The number of hydrogen-bond acceptors (Lipinski definition) is 3. The first-order chi connectivity index (χ1) is 34.0. The van der Waals surface area contributed by atoms with Gasteiger partial charge in [-0.1, -0.05) is 14.9 Å². The Morgan fingerprint density at radius 3 is 0.797 bits per heavy atom. The number of likely N-dealkylation sites (tertiary alicyclic amines) is 1. The number of nitrogens with one attached hydrogen (secondary N) is 2. The Kier molecular flexibility index (Phi) is 13.0. The number of H-pyrrole nitrogens is 2. The van der Waals surface area contributed by atoms with E-state index in [-0.39, 0.29) is 27.9 Å². The third kappa shape index (κ3) is 7.34. The van der Waals surface area contributed by atoms with Crippen LogP contribution in [0, 0.1) is 116 Å². The van der Waals surface area contributed by atoms with Gasteiger partial charge in [0.25, 0.3) is 0 Å². The van der Waals surface area contributed by atoms with Gasteiger partial charge in [0, 0.05) is 69.2 Å². The molecule has 7 aromatic rings. The van der Waals surface area contributed by atoms with E-state index < -0.39 is 218 Å². The van der Waals surface area contributed by atoms with Crippen LogP contribution in [-0.2, 0) is 0 Å². The fraction of sp³-hybridized carbons (Fsp3) is 0.143. The third-order valence-corrected chi connectivity index (χ3v) is 12.4. The zero-order valence-corrected chi connectivity index (χ0v) is 34.9. The van der Waals surface area contributed by atoms with Crippen molar-refractivity contribution in [3.05, 3.63) is 163 Å². The molecule has 0 spiro atoms. The summed E-state index contributed by atoms with van der Waals surface area (Å²) < 4.78 is 308. The predicted octanol–water partition coefficient (Wildman–Crippen LogP) is 15.0. The molecule has 3 aromatic heterocycles. The standard InChI is InChI=1S/C47H17F20N5.2CH4/c1-72-8-10-11(9-72)47-21(25-32(54)40(62)45(67)41(63)33(25)55)17-7-5-15(70-17)19(23-28(50)36(58)43(65)37(59)29(23)51)13-3-2-12(68-13)18(22-26(48)34(56)42(64)35(57)27(22)49)14-4-6-16(69-14)20(46(10)71-47)24-30(52)38(60)44(66)39(61)31(24)53;;/h2-7,10-11,69-70H,8-9H2,1H3;2*1H4/t10-,11+;;. The first kappa shape index (κ1) is 52.6. The smallest absolute Gasteiger partial charge is 0.200 e. The molecule has 74 heavy (non-hydrogen) atoms. The molecule has 6 heterocycles. The SMILES string of the molecule is C.C.CN1C[C@@H]2c3nc(c(-c4c(F)c(F)c(F)c(F)c4F)c4ccc([nH]4)c(-c4c(F)c(F)c(F)c(F)c4F)c4nc(c(-c5c(F)c(F)c(F)c(F)c5F)c5ccc([nH]5)c3-c3c(F)c(F)c(F)c(F)c3F)C=C4)[C@@H]2C1. The van der Waals surface area contributed by atoms with Crippen molar-refractivity contribution >= 4 is 34.2 Å². The molecule has 0 amide bonds. The summed E-state index contributed by atoms with van der Waals surface area (Å²) in [6.07, 6.45) is 1.25. The lowest BCUT2D eigenvalue weighted by atomic mass is 9.86. The Morgan fingerprint density at radius 1 is 0.324 bits per heavy atom. The monoisotopic (exact) mass is 1060 g/mol. The van der Waals surface area contributed by atoms with Gasteiger partial charge in [0.2, 0.25) is 23.3 Å². The molecular weight excluding hydrogens is 1040 g/mol. The van der Waals surface area contributed by atoms with Crippen molar-refractivity contribution in [1.82, 2.24) is 24.8 Å². The van der Waals surface area contributed by atoms with Gasteiger partial charge >= 0.3 is 0 Å². The van der Waals surface area contributed by atoms with Crippen LogP contribution in [0.1, 0.15) is 49.5 Å². The average Bonchev–Trinajstić information content (AvgIpc) is 4.23. The van der Waals surface area contributed by atoms with E-state index in [9.17, 15) is 17.6 Å². The van der Waals surface area contributed by atoms with E-state index in [1.165, 1.54) is 11.9 Å². The fourth-order valence-electron chi connectivity index (χ4n) is 9.25. The number of rotatable bonds is 4. The number of nitrogens with zero attached hydrogens (tertiary/aromatic N) is 3. The maximum absolute atomic E-state index is 16.2. The highest BCUT2D eigenvalue weighted by Gasteiger charge is 2.45. The summed E-state index contributed by atoms with van der Waals surface area (Å²) in [5, 5.41) is 0. The van der Waals surface area contributed by atoms with Gasteiger partial charge in [0.15, 0.2) is 93.1 Å². The third-order valence-electron chi connectivity index (χ3n) is 12.4. The number of aromatic nitrogens is 4. The van der Waals surface area contributed by atoms with Crippen molar-refractivity contribution in [2.75, 3.05) is 20.1 Å². The van der Waals surface area contributed by atoms with E-state index in [0.717, 1.165) is 0 Å². The van der Waals surface area contributed by atoms with Crippen molar-refractivity contribution in [3.8, 4) is 44.5 Å². The minimum absolute atomic E-state index is 0. The average molecular weight is 1060 g/mol. The van der Waals surface area contributed by atoms with Crippen molar-refractivity contribution in [2.45, 2.75) is 26.7 Å². The van der Waals surface area contributed by atoms with Gasteiger partial charge in [-0.25, -0.2) is 92.8 Å². The van der Waals surface area contributed by atoms with Crippen LogP contribution in [0.3, 0.4) is 0 Å². The Labute approximate surface area is 401 Å². The van der Waals surface area contributed by atoms with E-state index in [1.807, 2.05) is 0 Å². The summed E-state index contributed by atoms with van der Waals surface area (Å²) in [5.41, 5.74) is -19.4. The molecule has 0 aliphatic carbocycles. The van der Waals surface area contributed by atoms with Gasteiger partial charge in [-0.3, -0.25) is 4.98 Å². The normalized spacial score (nSPS) is 15.2. The number of aromatic amines is 2. The Bertz CT molecular complexity index is 3470. The van der Waals surface area contributed by atoms with Crippen molar-refractivity contribution < 1.29 is 87.8 Å². The van der Waals surface area contributed by atoms with Gasteiger partial charge in [0.05, 0.1) is 45.0 Å². The molecule has 1 saturated heterocycles. The molecule has 1 fully saturated rings. The number of halogens is 20. The van der Waals surface area contributed by atoms with E-state index in [4.69, 9.17) is 0 Å². The quantitative estimate of drug-likeness (QED) is 0.105. The predicted molar refractivity (Wildman–Crippen MR) is 227 cm³/mol. The molecular formula is C49H25F20N5. The van der Waals surface area contributed by atoms with Crippen LogP contribution in [0.4, 0.5) is 87.8 Å². The number of benzene rings is 4. The second-order valence-corrected chi connectivity index (χ2v) is 16.4. The number of likely N-dealkylation sites (N-methyl/N-ethyl adjacent to an activating group) is 1. The Balaban J connectivity index is 0.00000364. The van der Waals surface area contributed by atoms with Crippen LogP contribution >= 0.6 is 0 Å². The van der Waals surface area contributed by atoms with Crippen molar-refractivity contribution in [3.63, 3.8) is 0 Å². The van der Waals surface area contributed by atoms with Crippen LogP contribution in [0.15, 0.2) is 24.3 Å². The lowest BCUT2D eigenvalue weighted by molar-refractivity contribution is 0.381. The van der Waals surface area contributed by atoms with Crippen molar-refractivity contribution in [1.29, 1.82) is 0 Å².